The quantitative estimate of drug-likeness (QED) is 0.804. The highest BCUT2D eigenvalue weighted by molar-refractivity contribution is 8.13. The van der Waals surface area contributed by atoms with Gasteiger partial charge < -0.3 is 10.1 Å². The van der Waals surface area contributed by atoms with Gasteiger partial charge in [-0.05, 0) is 55.3 Å². The summed E-state index contributed by atoms with van der Waals surface area (Å²) in [6.45, 7) is 6.76. The lowest BCUT2D eigenvalue weighted by Crippen LogP contribution is -2.08. The fourth-order valence-electron chi connectivity index (χ4n) is 2.47. The molecular weight excluding hydrogens is 306 g/mol. The first-order valence-corrected chi connectivity index (χ1v) is 8.93. The number of para-hydroxylation sites is 1. The summed E-state index contributed by atoms with van der Waals surface area (Å²) in [6.07, 6.45) is 2.78. The number of ether oxygens (including phenoxy) is 1. The van der Waals surface area contributed by atoms with Gasteiger partial charge in [0, 0.05) is 11.3 Å². The van der Waals surface area contributed by atoms with Crippen LogP contribution in [0.1, 0.15) is 29.2 Å². The molecule has 4 heteroatoms. The molecule has 0 fully saturated rings. The summed E-state index contributed by atoms with van der Waals surface area (Å²) in [6, 6.07) is 12.0. The normalized spacial score (nSPS) is 10.4. The van der Waals surface area contributed by atoms with E-state index in [1.807, 2.05) is 24.3 Å². The third-order valence-corrected chi connectivity index (χ3v) is 4.31. The zero-order chi connectivity index (χ0) is 16.8. The van der Waals surface area contributed by atoms with Gasteiger partial charge in [-0.2, -0.15) is 0 Å². The Balaban J connectivity index is 2.15. The second-order valence-corrected chi connectivity index (χ2v) is 6.24. The number of rotatable bonds is 5. The summed E-state index contributed by atoms with van der Waals surface area (Å²) in [5, 5.41) is 2.81. The van der Waals surface area contributed by atoms with E-state index in [1.165, 1.54) is 11.1 Å². The van der Waals surface area contributed by atoms with Gasteiger partial charge in [-0.1, -0.05) is 43.0 Å². The number of benzene rings is 2. The Hall–Kier alpha value is -1.94. The van der Waals surface area contributed by atoms with Crippen LogP contribution in [-0.4, -0.2) is 11.5 Å². The molecule has 0 heterocycles. The van der Waals surface area contributed by atoms with Crippen LogP contribution in [0.25, 0.3) is 0 Å². The highest BCUT2D eigenvalue weighted by Gasteiger charge is 2.08. The maximum Gasteiger partial charge on any atom is 0.283 e. The number of thioether (sulfide) groups is 1. The van der Waals surface area contributed by atoms with Crippen LogP contribution in [0.15, 0.2) is 36.4 Å². The van der Waals surface area contributed by atoms with E-state index in [0.717, 1.165) is 40.7 Å². The Labute approximate surface area is 142 Å². The predicted octanol–water partition coefficient (Wildman–Crippen LogP) is 5.34. The second-order valence-electron chi connectivity index (χ2n) is 5.46. The Morgan fingerprint density at radius 3 is 2.57 bits per heavy atom. The maximum atomic E-state index is 11.6. The minimum Gasteiger partial charge on any atom is -0.489 e. The number of anilines is 1. The van der Waals surface area contributed by atoms with E-state index in [4.69, 9.17) is 4.74 Å². The fourth-order valence-corrected chi connectivity index (χ4v) is 2.68. The highest BCUT2D eigenvalue weighted by atomic mass is 32.2. The van der Waals surface area contributed by atoms with Crippen LogP contribution in [0.3, 0.4) is 0 Å². The number of carbonyl (C=O) groups is 1. The van der Waals surface area contributed by atoms with Gasteiger partial charge in [0.05, 0.1) is 0 Å². The SMILES string of the molecule is CCc1cc(C)c(OCc2ccccc2NC(=O)SC)cc1C. The monoisotopic (exact) mass is 329 g/mol. The first-order chi connectivity index (χ1) is 11.0. The lowest BCUT2D eigenvalue weighted by atomic mass is 10.0. The summed E-state index contributed by atoms with van der Waals surface area (Å²) >= 11 is 1.16. The molecule has 0 spiro atoms. The molecule has 23 heavy (non-hydrogen) atoms. The average molecular weight is 329 g/mol. The minimum absolute atomic E-state index is 0.0724. The largest absolute Gasteiger partial charge is 0.489 e. The van der Waals surface area contributed by atoms with Crippen molar-refractivity contribution in [1.82, 2.24) is 0 Å². The van der Waals surface area contributed by atoms with Crippen molar-refractivity contribution in [3.63, 3.8) is 0 Å². The van der Waals surface area contributed by atoms with Gasteiger partial charge in [-0.15, -0.1) is 0 Å². The van der Waals surface area contributed by atoms with Gasteiger partial charge in [-0.3, -0.25) is 4.79 Å². The number of hydrogen-bond donors (Lipinski definition) is 1. The highest BCUT2D eigenvalue weighted by Crippen LogP contribution is 2.25. The van der Waals surface area contributed by atoms with Crippen molar-refractivity contribution < 1.29 is 9.53 Å². The summed E-state index contributed by atoms with van der Waals surface area (Å²) in [4.78, 5) is 11.6. The van der Waals surface area contributed by atoms with E-state index in [9.17, 15) is 4.79 Å². The van der Waals surface area contributed by atoms with Crippen molar-refractivity contribution in [2.24, 2.45) is 0 Å². The van der Waals surface area contributed by atoms with Gasteiger partial charge in [0.1, 0.15) is 12.4 Å². The number of nitrogens with one attached hydrogen (secondary N) is 1. The van der Waals surface area contributed by atoms with Gasteiger partial charge >= 0.3 is 0 Å². The molecule has 0 saturated carbocycles. The first-order valence-electron chi connectivity index (χ1n) is 7.71. The van der Waals surface area contributed by atoms with Crippen molar-refractivity contribution >= 4 is 22.7 Å². The molecule has 1 N–H and O–H groups in total. The number of hydrogen-bond acceptors (Lipinski definition) is 3. The van der Waals surface area contributed by atoms with Crippen LogP contribution in [0, 0.1) is 13.8 Å². The molecule has 0 aliphatic carbocycles. The summed E-state index contributed by atoms with van der Waals surface area (Å²) in [7, 11) is 0. The number of amides is 1. The Morgan fingerprint density at radius 2 is 1.87 bits per heavy atom. The zero-order valence-corrected chi connectivity index (χ0v) is 14.9. The fraction of sp³-hybridized carbons (Fsp3) is 0.316. The van der Waals surface area contributed by atoms with E-state index in [2.05, 4.69) is 38.2 Å². The Morgan fingerprint density at radius 1 is 1.13 bits per heavy atom. The van der Waals surface area contributed by atoms with Crippen LogP contribution in [0.4, 0.5) is 10.5 Å². The third kappa shape index (κ3) is 4.52. The van der Waals surface area contributed by atoms with E-state index in [-0.39, 0.29) is 5.24 Å². The molecule has 0 unspecified atom stereocenters. The lowest BCUT2D eigenvalue weighted by Gasteiger charge is -2.15. The van der Waals surface area contributed by atoms with Crippen LogP contribution in [-0.2, 0) is 13.0 Å². The van der Waals surface area contributed by atoms with Crippen molar-refractivity contribution in [2.75, 3.05) is 11.6 Å². The second kappa shape index (κ2) is 8.06. The number of carbonyl (C=O) groups excluding carboxylic acids is 1. The molecule has 2 aromatic carbocycles. The van der Waals surface area contributed by atoms with Crippen LogP contribution in [0.5, 0.6) is 5.75 Å². The molecule has 122 valence electrons. The predicted molar refractivity (Wildman–Crippen MR) is 98.6 cm³/mol. The smallest absolute Gasteiger partial charge is 0.283 e. The Kier molecular flexibility index (Phi) is 6.11. The van der Waals surface area contributed by atoms with Gasteiger partial charge in [0.2, 0.25) is 0 Å². The summed E-state index contributed by atoms with van der Waals surface area (Å²) in [5.41, 5.74) is 5.50. The van der Waals surface area contributed by atoms with Crippen LogP contribution in [0.2, 0.25) is 0 Å². The molecule has 1 amide bonds. The molecule has 0 aliphatic heterocycles. The van der Waals surface area contributed by atoms with E-state index >= 15 is 0 Å². The minimum atomic E-state index is -0.0724. The zero-order valence-electron chi connectivity index (χ0n) is 14.1. The van der Waals surface area contributed by atoms with Gasteiger partial charge in [0.25, 0.3) is 5.24 Å². The molecule has 0 radical (unpaired) electrons. The molecule has 2 rings (SSSR count). The van der Waals surface area contributed by atoms with E-state index in [1.54, 1.807) is 6.26 Å². The summed E-state index contributed by atoms with van der Waals surface area (Å²) in [5.74, 6) is 0.894. The summed E-state index contributed by atoms with van der Waals surface area (Å²) < 4.78 is 6.00. The standard InChI is InChI=1S/C19H23NO2S/c1-5-15-10-14(3)18(11-13(15)2)22-12-16-8-6-7-9-17(16)20-19(21)23-4/h6-11H,5,12H2,1-4H3,(H,20,21). The van der Waals surface area contributed by atoms with E-state index < -0.39 is 0 Å². The molecule has 3 nitrogen and oxygen atoms in total. The maximum absolute atomic E-state index is 11.6. The van der Waals surface area contributed by atoms with Crippen LogP contribution < -0.4 is 10.1 Å². The van der Waals surface area contributed by atoms with Crippen molar-refractivity contribution in [3.8, 4) is 5.75 Å². The topological polar surface area (TPSA) is 38.3 Å². The van der Waals surface area contributed by atoms with Crippen molar-refractivity contribution in [1.29, 1.82) is 0 Å². The van der Waals surface area contributed by atoms with Gasteiger partial charge in [0.15, 0.2) is 0 Å². The molecule has 0 atom stereocenters. The molecule has 2 aromatic rings. The van der Waals surface area contributed by atoms with Crippen molar-refractivity contribution in [3.05, 3.63) is 58.7 Å². The average Bonchev–Trinajstić information content (AvgIpc) is 2.56. The third-order valence-electron chi connectivity index (χ3n) is 3.84. The Bertz CT molecular complexity index is 698. The lowest BCUT2D eigenvalue weighted by molar-refractivity contribution is 0.269. The molecule has 0 aromatic heterocycles. The molecule has 0 aliphatic rings. The first kappa shape index (κ1) is 17.4. The van der Waals surface area contributed by atoms with E-state index in [0.29, 0.717) is 6.61 Å². The number of aryl methyl sites for hydroxylation is 3. The van der Waals surface area contributed by atoms with Crippen LogP contribution >= 0.6 is 11.8 Å². The molecule has 0 bridgehead atoms. The molecular formula is C19H23NO2S. The van der Waals surface area contributed by atoms with Crippen molar-refractivity contribution in [2.45, 2.75) is 33.8 Å². The van der Waals surface area contributed by atoms with Gasteiger partial charge in [-0.25, -0.2) is 0 Å². The molecule has 0 saturated heterocycles.